The Morgan fingerprint density at radius 3 is 2.76 bits per heavy atom. The van der Waals surface area contributed by atoms with Gasteiger partial charge in [-0.3, -0.25) is 0 Å². The molecule has 0 aliphatic rings. The fourth-order valence-corrected chi connectivity index (χ4v) is 2.81. The first-order valence-corrected chi connectivity index (χ1v) is 8.86. The van der Waals surface area contributed by atoms with E-state index in [1.807, 2.05) is 55.5 Å². The number of anilines is 3. The van der Waals surface area contributed by atoms with Crippen LogP contribution in [0.3, 0.4) is 0 Å². The minimum atomic E-state index is 0.113. The minimum Gasteiger partial charge on any atom is -0.497 e. The summed E-state index contributed by atoms with van der Waals surface area (Å²) in [6.07, 6.45) is 0. The molecule has 0 aliphatic carbocycles. The molecule has 4 rings (SSSR count). The zero-order chi connectivity index (χ0) is 20.2. The van der Waals surface area contributed by atoms with Crippen LogP contribution in [-0.2, 0) is 6.54 Å². The van der Waals surface area contributed by atoms with Gasteiger partial charge in [-0.15, -0.1) is 5.10 Å². The normalized spacial score (nSPS) is 10.7. The lowest BCUT2D eigenvalue weighted by atomic mass is 10.2. The first-order chi connectivity index (χ1) is 14.1. The van der Waals surface area contributed by atoms with Crippen molar-refractivity contribution in [1.29, 1.82) is 0 Å². The molecule has 2 heterocycles. The van der Waals surface area contributed by atoms with Crippen LogP contribution in [0, 0.1) is 6.92 Å². The van der Waals surface area contributed by atoms with Gasteiger partial charge in [-0.1, -0.05) is 30.3 Å². The van der Waals surface area contributed by atoms with E-state index >= 15 is 0 Å². The molecule has 0 aliphatic heterocycles. The number of nitrogen functional groups attached to an aromatic ring is 1. The second-order valence-electron chi connectivity index (χ2n) is 6.27. The minimum absolute atomic E-state index is 0.113. The fraction of sp³-hybridized carbons (Fsp3) is 0.158. The third kappa shape index (κ3) is 4.10. The standard InChI is InChI=1S/C19H19N9O/c1-12-6-3-4-9-15(12)21-19-23-16(22-18(20)24-19)11-28-17(25-26-27-28)13-7-5-8-14(10-13)29-2/h3-10H,11H2,1-2H3,(H3,20,21,22,23,24). The Balaban J connectivity index is 1.62. The number of benzene rings is 2. The number of methoxy groups -OCH3 is 1. The van der Waals surface area contributed by atoms with Gasteiger partial charge in [0.15, 0.2) is 11.6 Å². The van der Waals surface area contributed by atoms with Crippen LogP contribution in [0.15, 0.2) is 48.5 Å². The van der Waals surface area contributed by atoms with Crippen molar-refractivity contribution < 1.29 is 4.74 Å². The summed E-state index contributed by atoms with van der Waals surface area (Å²) in [5.41, 5.74) is 8.66. The summed E-state index contributed by atoms with van der Waals surface area (Å²) in [5.74, 6) is 2.19. The van der Waals surface area contributed by atoms with Gasteiger partial charge in [-0.2, -0.15) is 15.0 Å². The molecule has 0 fully saturated rings. The van der Waals surface area contributed by atoms with Crippen molar-refractivity contribution in [1.82, 2.24) is 35.2 Å². The summed E-state index contributed by atoms with van der Waals surface area (Å²) in [6.45, 7) is 2.23. The molecule has 3 N–H and O–H groups in total. The number of para-hydroxylation sites is 1. The van der Waals surface area contributed by atoms with Crippen LogP contribution in [0.4, 0.5) is 17.6 Å². The molecule has 10 heteroatoms. The molecular weight excluding hydrogens is 370 g/mol. The molecule has 0 radical (unpaired) electrons. The van der Waals surface area contributed by atoms with Gasteiger partial charge < -0.3 is 15.8 Å². The second-order valence-corrected chi connectivity index (χ2v) is 6.27. The van der Waals surface area contributed by atoms with E-state index in [4.69, 9.17) is 10.5 Å². The smallest absolute Gasteiger partial charge is 0.232 e. The molecule has 2 aromatic heterocycles. The molecule has 146 valence electrons. The van der Waals surface area contributed by atoms with E-state index in [9.17, 15) is 0 Å². The SMILES string of the molecule is COc1cccc(-c2nnnn2Cc2nc(N)nc(Nc3ccccc3C)n2)c1. The van der Waals surface area contributed by atoms with Crippen LogP contribution in [0.25, 0.3) is 11.4 Å². The third-order valence-corrected chi connectivity index (χ3v) is 4.24. The van der Waals surface area contributed by atoms with Gasteiger partial charge in [0.25, 0.3) is 0 Å². The number of aryl methyl sites for hydroxylation is 1. The summed E-state index contributed by atoms with van der Waals surface area (Å²) in [4.78, 5) is 12.8. The highest BCUT2D eigenvalue weighted by molar-refractivity contribution is 5.59. The summed E-state index contributed by atoms with van der Waals surface area (Å²) >= 11 is 0. The van der Waals surface area contributed by atoms with Crippen molar-refractivity contribution in [3.63, 3.8) is 0 Å². The van der Waals surface area contributed by atoms with Crippen LogP contribution in [0.2, 0.25) is 0 Å². The van der Waals surface area contributed by atoms with Crippen molar-refractivity contribution in [2.75, 3.05) is 18.2 Å². The van der Waals surface area contributed by atoms with Crippen molar-refractivity contribution >= 4 is 17.6 Å². The van der Waals surface area contributed by atoms with Crippen molar-refractivity contribution in [2.24, 2.45) is 0 Å². The number of nitrogens with two attached hydrogens (primary N) is 1. The van der Waals surface area contributed by atoms with E-state index < -0.39 is 0 Å². The molecule has 0 saturated carbocycles. The highest BCUT2D eigenvalue weighted by Gasteiger charge is 2.13. The Kier molecular flexibility index (Phi) is 4.97. The average molecular weight is 389 g/mol. The average Bonchev–Trinajstić information content (AvgIpc) is 3.17. The predicted molar refractivity (Wildman–Crippen MR) is 108 cm³/mol. The summed E-state index contributed by atoms with van der Waals surface area (Å²) in [5, 5.41) is 15.1. The van der Waals surface area contributed by atoms with Gasteiger partial charge in [0.2, 0.25) is 11.9 Å². The Morgan fingerprint density at radius 1 is 1.07 bits per heavy atom. The van der Waals surface area contributed by atoms with E-state index in [-0.39, 0.29) is 12.5 Å². The molecule has 29 heavy (non-hydrogen) atoms. The van der Waals surface area contributed by atoms with Crippen LogP contribution < -0.4 is 15.8 Å². The van der Waals surface area contributed by atoms with Gasteiger partial charge in [-0.05, 0) is 41.1 Å². The zero-order valence-electron chi connectivity index (χ0n) is 15.9. The lowest BCUT2D eigenvalue weighted by molar-refractivity contribution is 0.415. The molecule has 0 amide bonds. The van der Waals surface area contributed by atoms with E-state index in [0.29, 0.717) is 23.3 Å². The van der Waals surface area contributed by atoms with E-state index in [2.05, 4.69) is 35.8 Å². The van der Waals surface area contributed by atoms with Crippen molar-refractivity contribution in [3.8, 4) is 17.1 Å². The Morgan fingerprint density at radius 2 is 1.93 bits per heavy atom. The number of ether oxygens (including phenoxy) is 1. The molecule has 0 saturated heterocycles. The number of tetrazole rings is 1. The predicted octanol–water partition coefficient (Wildman–Crippen LogP) is 2.22. The topological polar surface area (TPSA) is 130 Å². The first kappa shape index (κ1) is 18.3. The number of hydrogen-bond donors (Lipinski definition) is 2. The van der Waals surface area contributed by atoms with Gasteiger partial charge in [0.05, 0.1) is 7.11 Å². The number of nitrogens with zero attached hydrogens (tertiary/aromatic N) is 7. The Bertz CT molecular complexity index is 1140. The molecule has 0 bridgehead atoms. The number of aromatic nitrogens is 7. The maximum absolute atomic E-state index is 5.89. The van der Waals surface area contributed by atoms with Crippen LogP contribution in [0.5, 0.6) is 5.75 Å². The number of rotatable bonds is 6. The Labute approximate surface area is 166 Å². The molecule has 10 nitrogen and oxygen atoms in total. The lowest BCUT2D eigenvalue weighted by Gasteiger charge is -2.10. The third-order valence-electron chi connectivity index (χ3n) is 4.24. The summed E-state index contributed by atoms with van der Waals surface area (Å²) in [7, 11) is 1.61. The van der Waals surface area contributed by atoms with Gasteiger partial charge in [0, 0.05) is 11.3 Å². The largest absolute Gasteiger partial charge is 0.497 e. The van der Waals surface area contributed by atoms with Gasteiger partial charge in [0.1, 0.15) is 12.3 Å². The van der Waals surface area contributed by atoms with Gasteiger partial charge >= 0.3 is 0 Å². The monoisotopic (exact) mass is 389 g/mol. The van der Waals surface area contributed by atoms with E-state index in [1.165, 1.54) is 0 Å². The van der Waals surface area contributed by atoms with Crippen molar-refractivity contribution in [2.45, 2.75) is 13.5 Å². The number of hydrogen-bond acceptors (Lipinski definition) is 9. The summed E-state index contributed by atoms with van der Waals surface area (Å²) < 4.78 is 6.87. The molecule has 0 atom stereocenters. The van der Waals surface area contributed by atoms with E-state index in [0.717, 1.165) is 16.8 Å². The Hall–Kier alpha value is -4.08. The van der Waals surface area contributed by atoms with Gasteiger partial charge in [-0.25, -0.2) is 4.68 Å². The zero-order valence-corrected chi connectivity index (χ0v) is 15.9. The summed E-state index contributed by atoms with van der Waals surface area (Å²) in [6, 6.07) is 15.3. The maximum atomic E-state index is 5.89. The maximum Gasteiger partial charge on any atom is 0.232 e. The molecule has 0 spiro atoms. The molecule has 4 aromatic rings. The lowest BCUT2D eigenvalue weighted by Crippen LogP contribution is -2.12. The van der Waals surface area contributed by atoms with Crippen molar-refractivity contribution in [3.05, 3.63) is 59.9 Å². The molecule has 0 unspecified atom stereocenters. The second kappa shape index (κ2) is 7.89. The first-order valence-electron chi connectivity index (χ1n) is 8.86. The highest BCUT2D eigenvalue weighted by atomic mass is 16.5. The molecular formula is C19H19N9O. The van der Waals surface area contributed by atoms with Crippen LogP contribution in [-0.4, -0.2) is 42.3 Å². The molecule has 2 aromatic carbocycles. The van der Waals surface area contributed by atoms with Crippen LogP contribution >= 0.6 is 0 Å². The van der Waals surface area contributed by atoms with Crippen LogP contribution in [0.1, 0.15) is 11.4 Å². The fourth-order valence-electron chi connectivity index (χ4n) is 2.81. The highest BCUT2D eigenvalue weighted by Crippen LogP contribution is 2.22. The quantitative estimate of drug-likeness (QED) is 0.510. The van der Waals surface area contributed by atoms with E-state index in [1.54, 1.807) is 11.8 Å². The number of nitrogens with one attached hydrogen (secondary N) is 1.